The molecule has 0 radical (unpaired) electrons. The number of rotatable bonds is 2. The minimum absolute atomic E-state index is 0.497. The number of imidazole rings is 1. The van der Waals surface area contributed by atoms with Gasteiger partial charge in [-0.15, -0.1) is 0 Å². The first-order valence-corrected chi connectivity index (χ1v) is 6.11. The van der Waals surface area contributed by atoms with Crippen molar-refractivity contribution in [2.45, 2.75) is 12.5 Å². The number of nitrogens with one attached hydrogen (secondary N) is 1. The van der Waals surface area contributed by atoms with Crippen molar-refractivity contribution in [3.05, 3.63) is 30.1 Å². The minimum atomic E-state index is 0.497. The minimum Gasteiger partial charge on any atom is -0.345 e. The van der Waals surface area contributed by atoms with Gasteiger partial charge in [-0.1, -0.05) is 6.07 Å². The third-order valence-electron chi connectivity index (χ3n) is 3.80. The highest BCUT2D eigenvalue weighted by Gasteiger charge is 2.29. The molecule has 2 heterocycles. The third kappa shape index (κ3) is 1.83. The van der Waals surface area contributed by atoms with Crippen molar-refractivity contribution < 1.29 is 0 Å². The van der Waals surface area contributed by atoms with E-state index in [0.29, 0.717) is 12.0 Å². The van der Waals surface area contributed by atoms with Gasteiger partial charge >= 0.3 is 0 Å². The van der Waals surface area contributed by atoms with Crippen LogP contribution >= 0.6 is 0 Å². The second-order valence-corrected chi connectivity index (χ2v) is 4.97. The molecule has 90 valence electrons. The summed E-state index contributed by atoms with van der Waals surface area (Å²) in [6.07, 6.45) is 2.90. The Morgan fingerprint density at radius 2 is 2.41 bits per heavy atom. The van der Waals surface area contributed by atoms with Crippen LogP contribution in [-0.2, 0) is 0 Å². The molecule has 1 aliphatic heterocycles. The van der Waals surface area contributed by atoms with Gasteiger partial charge in [0.2, 0.25) is 0 Å². The molecule has 0 saturated carbocycles. The van der Waals surface area contributed by atoms with Gasteiger partial charge in [-0.05, 0) is 43.6 Å². The zero-order valence-electron chi connectivity index (χ0n) is 10.1. The number of hydrogen-bond donors (Lipinski definition) is 2. The molecule has 1 aliphatic rings. The van der Waals surface area contributed by atoms with E-state index in [-0.39, 0.29) is 0 Å². The Kier molecular flexibility index (Phi) is 2.61. The highest BCUT2D eigenvalue weighted by Crippen LogP contribution is 2.34. The third-order valence-corrected chi connectivity index (χ3v) is 3.80. The summed E-state index contributed by atoms with van der Waals surface area (Å²) in [5.41, 5.74) is 9.28. The van der Waals surface area contributed by atoms with E-state index in [4.69, 9.17) is 5.73 Å². The van der Waals surface area contributed by atoms with E-state index >= 15 is 0 Å². The van der Waals surface area contributed by atoms with E-state index in [9.17, 15) is 0 Å². The standard InChI is InChI=1S/C13H18N4/c1-17-7-9(6-14)4-13(17)10-2-3-11-12(5-10)16-8-15-11/h2-3,5,8-9,13H,4,6-7,14H2,1H3,(H,15,16). The van der Waals surface area contributed by atoms with Crippen LogP contribution in [0.15, 0.2) is 24.5 Å². The normalized spacial score (nSPS) is 25.8. The summed E-state index contributed by atoms with van der Waals surface area (Å²) in [5.74, 6) is 0.627. The molecule has 0 amide bonds. The van der Waals surface area contributed by atoms with E-state index in [1.165, 1.54) is 5.56 Å². The molecule has 1 saturated heterocycles. The lowest BCUT2D eigenvalue weighted by Crippen LogP contribution is -2.20. The molecule has 0 bridgehead atoms. The summed E-state index contributed by atoms with van der Waals surface area (Å²) >= 11 is 0. The fraction of sp³-hybridized carbons (Fsp3) is 0.462. The van der Waals surface area contributed by atoms with Crippen LogP contribution in [0.4, 0.5) is 0 Å². The molecule has 3 N–H and O–H groups in total. The smallest absolute Gasteiger partial charge is 0.0931 e. The summed E-state index contributed by atoms with van der Waals surface area (Å²) in [7, 11) is 2.18. The fourth-order valence-electron chi connectivity index (χ4n) is 2.83. The van der Waals surface area contributed by atoms with Crippen molar-refractivity contribution in [1.29, 1.82) is 0 Å². The molecule has 4 nitrogen and oxygen atoms in total. The number of fused-ring (bicyclic) bond motifs is 1. The Bertz CT molecular complexity index is 519. The highest BCUT2D eigenvalue weighted by molar-refractivity contribution is 5.75. The zero-order valence-corrected chi connectivity index (χ0v) is 10.1. The number of likely N-dealkylation sites (tertiary alicyclic amines) is 1. The lowest BCUT2D eigenvalue weighted by atomic mass is 9.99. The van der Waals surface area contributed by atoms with E-state index in [1.54, 1.807) is 6.33 Å². The predicted octanol–water partition coefficient (Wildman–Crippen LogP) is 1.51. The van der Waals surface area contributed by atoms with Gasteiger partial charge in [0.1, 0.15) is 0 Å². The van der Waals surface area contributed by atoms with Crippen LogP contribution in [0.3, 0.4) is 0 Å². The highest BCUT2D eigenvalue weighted by atomic mass is 15.2. The molecule has 1 aromatic carbocycles. The van der Waals surface area contributed by atoms with Crippen molar-refractivity contribution in [3.63, 3.8) is 0 Å². The monoisotopic (exact) mass is 230 g/mol. The number of nitrogens with two attached hydrogens (primary N) is 1. The van der Waals surface area contributed by atoms with E-state index in [2.05, 4.69) is 40.1 Å². The summed E-state index contributed by atoms with van der Waals surface area (Å²) in [6.45, 7) is 1.88. The molecule has 1 aromatic heterocycles. The first kappa shape index (κ1) is 10.7. The molecule has 3 rings (SSSR count). The Hall–Kier alpha value is -1.39. The predicted molar refractivity (Wildman–Crippen MR) is 68.6 cm³/mol. The Morgan fingerprint density at radius 3 is 3.18 bits per heavy atom. The molecule has 1 fully saturated rings. The number of aromatic amines is 1. The lowest BCUT2D eigenvalue weighted by molar-refractivity contribution is 0.314. The first-order valence-electron chi connectivity index (χ1n) is 6.11. The van der Waals surface area contributed by atoms with Gasteiger partial charge in [-0.2, -0.15) is 0 Å². The zero-order chi connectivity index (χ0) is 11.8. The van der Waals surface area contributed by atoms with Crippen LogP contribution < -0.4 is 5.73 Å². The molecule has 4 heteroatoms. The largest absolute Gasteiger partial charge is 0.345 e. The van der Waals surface area contributed by atoms with Crippen molar-refractivity contribution in [1.82, 2.24) is 14.9 Å². The lowest BCUT2D eigenvalue weighted by Gasteiger charge is -2.19. The van der Waals surface area contributed by atoms with Crippen molar-refractivity contribution >= 4 is 11.0 Å². The Balaban J connectivity index is 1.92. The second-order valence-electron chi connectivity index (χ2n) is 4.97. The quantitative estimate of drug-likeness (QED) is 0.822. The van der Waals surface area contributed by atoms with Crippen LogP contribution in [-0.4, -0.2) is 35.0 Å². The molecule has 17 heavy (non-hydrogen) atoms. The first-order chi connectivity index (χ1) is 8.28. The second kappa shape index (κ2) is 4.13. The molecular formula is C13H18N4. The number of benzene rings is 1. The molecule has 0 spiro atoms. The maximum Gasteiger partial charge on any atom is 0.0931 e. The molecule has 2 atom stereocenters. The topological polar surface area (TPSA) is 57.9 Å². The van der Waals surface area contributed by atoms with Gasteiger partial charge in [-0.3, -0.25) is 4.90 Å². The van der Waals surface area contributed by atoms with Gasteiger partial charge in [0.05, 0.1) is 17.4 Å². The van der Waals surface area contributed by atoms with Crippen LogP contribution in [0.25, 0.3) is 11.0 Å². The number of aromatic nitrogens is 2. The van der Waals surface area contributed by atoms with E-state index in [1.807, 2.05) is 0 Å². The SMILES string of the molecule is CN1CC(CN)CC1c1ccc2nc[nH]c2c1. The number of nitrogens with zero attached hydrogens (tertiary/aromatic N) is 2. The molecule has 0 aliphatic carbocycles. The average Bonchev–Trinajstić information content (AvgIpc) is 2.93. The number of H-pyrrole nitrogens is 1. The van der Waals surface area contributed by atoms with Crippen LogP contribution in [0.2, 0.25) is 0 Å². The van der Waals surface area contributed by atoms with Gasteiger partial charge in [0, 0.05) is 12.6 Å². The van der Waals surface area contributed by atoms with E-state index in [0.717, 1.165) is 30.5 Å². The van der Waals surface area contributed by atoms with Crippen LogP contribution in [0.1, 0.15) is 18.0 Å². The van der Waals surface area contributed by atoms with E-state index < -0.39 is 0 Å². The van der Waals surface area contributed by atoms with Crippen molar-refractivity contribution in [3.8, 4) is 0 Å². The van der Waals surface area contributed by atoms with Crippen molar-refractivity contribution in [2.24, 2.45) is 11.7 Å². The van der Waals surface area contributed by atoms with Gasteiger partial charge in [-0.25, -0.2) is 4.98 Å². The Labute approximate surface area is 101 Å². The summed E-state index contributed by atoms with van der Waals surface area (Å²) in [5, 5.41) is 0. The summed E-state index contributed by atoms with van der Waals surface area (Å²) in [6, 6.07) is 6.98. The summed E-state index contributed by atoms with van der Waals surface area (Å²) in [4.78, 5) is 9.81. The van der Waals surface area contributed by atoms with Gasteiger partial charge in [0.25, 0.3) is 0 Å². The maximum absolute atomic E-state index is 5.77. The van der Waals surface area contributed by atoms with Crippen LogP contribution in [0, 0.1) is 5.92 Å². The molecular weight excluding hydrogens is 212 g/mol. The number of hydrogen-bond acceptors (Lipinski definition) is 3. The Morgan fingerprint density at radius 1 is 1.53 bits per heavy atom. The van der Waals surface area contributed by atoms with Crippen molar-refractivity contribution in [2.75, 3.05) is 20.1 Å². The fourth-order valence-corrected chi connectivity index (χ4v) is 2.83. The average molecular weight is 230 g/mol. The van der Waals surface area contributed by atoms with Gasteiger partial charge in [0.15, 0.2) is 0 Å². The molecule has 2 aromatic rings. The molecule has 2 unspecified atom stereocenters. The maximum atomic E-state index is 5.77. The summed E-state index contributed by atoms with van der Waals surface area (Å²) < 4.78 is 0. The van der Waals surface area contributed by atoms with Gasteiger partial charge < -0.3 is 10.7 Å². The van der Waals surface area contributed by atoms with Crippen LogP contribution in [0.5, 0.6) is 0 Å².